The van der Waals surface area contributed by atoms with Crippen LogP contribution in [0.5, 0.6) is 0 Å². The number of ether oxygens (including phenoxy) is 1. The number of carbonyl (C=O) groups is 2. The number of likely N-dealkylation sites (N-methyl/N-ethyl adjacent to an activating group) is 1. The normalized spacial score (nSPS) is 9.29. The summed E-state index contributed by atoms with van der Waals surface area (Å²) in [4.78, 5) is 23.4. The second kappa shape index (κ2) is 7.08. The molecule has 0 bridgehead atoms. The Hall–Kier alpha value is -1.36. The Morgan fingerprint density at radius 1 is 1.57 bits per heavy atom. The van der Waals surface area contributed by atoms with Crippen molar-refractivity contribution < 1.29 is 14.3 Å². The first-order valence-electron chi connectivity index (χ1n) is 4.25. The van der Waals surface area contributed by atoms with E-state index in [9.17, 15) is 9.59 Å². The van der Waals surface area contributed by atoms with Gasteiger partial charge in [-0.1, -0.05) is 6.58 Å². The van der Waals surface area contributed by atoms with Crippen molar-refractivity contribution in [1.82, 2.24) is 10.2 Å². The third-order valence-corrected chi connectivity index (χ3v) is 1.56. The van der Waals surface area contributed by atoms with Crippen LogP contribution >= 0.6 is 0 Å². The topological polar surface area (TPSA) is 58.6 Å². The zero-order valence-electron chi connectivity index (χ0n) is 8.58. The molecule has 0 saturated carbocycles. The Bertz CT molecular complexity index is 216. The average Bonchev–Trinajstić information content (AvgIpc) is 2.16. The van der Waals surface area contributed by atoms with Crippen LogP contribution in [-0.2, 0) is 14.3 Å². The summed E-state index contributed by atoms with van der Waals surface area (Å²) in [6.45, 7) is 4.27. The first-order chi connectivity index (χ1) is 6.61. The predicted octanol–water partition coefficient (Wildman–Crippen LogP) is -0.607. The minimum Gasteiger partial charge on any atom is -0.383 e. The number of amides is 2. The van der Waals surface area contributed by atoms with Gasteiger partial charge in [0.1, 0.15) is 0 Å². The third kappa shape index (κ3) is 5.31. The van der Waals surface area contributed by atoms with Crippen molar-refractivity contribution in [3.05, 3.63) is 12.7 Å². The molecule has 5 heteroatoms. The number of hydrogen-bond acceptors (Lipinski definition) is 3. The molecule has 1 N–H and O–H groups in total. The Balaban J connectivity index is 3.71. The Labute approximate surface area is 83.7 Å². The van der Waals surface area contributed by atoms with E-state index in [1.165, 1.54) is 11.0 Å². The zero-order valence-corrected chi connectivity index (χ0v) is 8.58. The van der Waals surface area contributed by atoms with Gasteiger partial charge in [-0.3, -0.25) is 9.59 Å². The van der Waals surface area contributed by atoms with Crippen molar-refractivity contribution in [1.29, 1.82) is 0 Å². The lowest BCUT2D eigenvalue weighted by atomic mass is 10.4. The summed E-state index contributed by atoms with van der Waals surface area (Å²) in [6, 6.07) is 0. The number of rotatable bonds is 6. The summed E-state index contributed by atoms with van der Waals surface area (Å²) in [7, 11) is 3.10. The molecule has 0 unspecified atom stereocenters. The summed E-state index contributed by atoms with van der Waals surface area (Å²) < 4.78 is 4.75. The van der Waals surface area contributed by atoms with Gasteiger partial charge in [0, 0.05) is 20.7 Å². The molecule has 0 aromatic carbocycles. The van der Waals surface area contributed by atoms with Gasteiger partial charge >= 0.3 is 0 Å². The molecular weight excluding hydrogens is 184 g/mol. The number of methoxy groups -OCH3 is 1. The van der Waals surface area contributed by atoms with E-state index in [1.54, 1.807) is 14.2 Å². The van der Waals surface area contributed by atoms with Crippen LogP contribution in [0.1, 0.15) is 0 Å². The van der Waals surface area contributed by atoms with Gasteiger partial charge < -0.3 is 15.0 Å². The molecule has 0 rings (SSSR count). The molecule has 0 aliphatic carbocycles. The highest BCUT2D eigenvalue weighted by Gasteiger charge is 2.08. The van der Waals surface area contributed by atoms with E-state index < -0.39 is 0 Å². The second-order valence-corrected chi connectivity index (χ2v) is 2.74. The van der Waals surface area contributed by atoms with Gasteiger partial charge in [0.25, 0.3) is 0 Å². The lowest BCUT2D eigenvalue weighted by molar-refractivity contribution is -0.131. The van der Waals surface area contributed by atoms with Crippen LogP contribution in [0.25, 0.3) is 0 Å². The van der Waals surface area contributed by atoms with Crippen LogP contribution in [0.3, 0.4) is 0 Å². The maximum absolute atomic E-state index is 11.2. The standard InChI is InChI=1S/C9H16N2O3/c1-4-9(13)11(2)7-8(12)10-5-6-14-3/h4H,1,5-7H2,2-3H3,(H,10,12). The smallest absolute Gasteiger partial charge is 0.246 e. The minimum absolute atomic E-state index is 0.0363. The quantitative estimate of drug-likeness (QED) is 0.460. The van der Waals surface area contributed by atoms with Crippen LogP contribution in [0.15, 0.2) is 12.7 Å². The molecule has 0 aliphatic heterocycles. The van der Waals surface area contributed by atoms with Crippen LogP contribution in [-0.4, -0.2) is 50.6 Å². The first-order valence-corrected chi connectivity index (χ1v) is 4.25. The van der Waals surface area contributed by atoms with Crippen molar-refractivity contribution in [3.8, 4) is 0 Å². The number of nitrogens with zero attached hydrogens (tertiary/aromatic N) is 1. The van der Waals surface area contributed by atoms with Crippen molar-refractivity contribution in [3.63, 3.8) is 0 Å². The van der Waals surface area contributed by atoms with E-state index in [4.69, 9.17) is 4.74 Å². The third-order valence-electron chi connectivity index (χ3n) is 1.56. The molecule has 0 fully saturated rings. The summed E-state index contributed by atoms with van der Waals surface area (Å²) >= 11 is 0. The fourth-order valence-corrected chi connectivity index (χ4v) is 0.798. The lowest BCUT2D eigenvalue weighted by Gasteiger charge is -2.14. The Morgan fingerprint density at radius 2 is 2.21 bits per heavy atom. The molecule has 80 valence electrons. The van der Waals surface area contributed by atoms with Crippen LogP contribution in [0.2, 0.25) is 0 Å². The Morgan fingerprint density at radius 3 is 2.71 bits per heavy atom. The molecule has 0 heterocycles. The van der Waals surface area contributed by atoms with Gasteiger partial charge in [-0.05, 0) is 6.08 Å². The van der Waals surface area contributed by atoms with Gasteiger partial charge in [-0.2, -0.15) is 0 Å². The van der Waals surface area contributed by atoms with E-state index in [0.29, 0.717) is 13.2 Å². The van der Waals surface area contributed by atoms with E-state index in [1.807, 2.05) is 0 Å². The van der Waals surface area contributed by atoms with Gasteiger partial charge in [-0.15, -0.1) is 0 Å². The summed E-state index contributed by atoms with van der Waals surface area (Å²) in [5, 5.41) is 2.60. The molecule has 0 atom stereocenters. The molecular formula is C9H16N2O3. The van der Waals surface area contributed by atoms with Crippen molar-refractivity contribution >= 4 is 11.8 Å². The average molecular weight is 200 g/mol. The molecule has 0 radical (unpaired) electrons. The van der Waals surface area contributed by atoms with Crippen molar-refractivity contribution in [2.24, 2.45) is 0 Å². The molecule has 14 heavy (non-hydrogen) atoms. The number of hydrogen-bond donors (Lipinski definition) is 1. The van der Waals surface area contributed by atoms with Crippen LogP contribution in [0.4, 0.5) is 0 Å². The molecule has 0 spiro atoms. The zero-order chi connectivity index (χ0) is 11.0. The molecule has 0 aromatic rings. The summed E-state index contributed by atoms with van der Waals surface area (Å²) in [5.41, 5.74) is 0. The number of carbonyl (C=O) groups excluding carboxylic acids is 2. The molecule has 0 saturated heterocycles. The monoisotopic (exact) mass is 200 g/mol. The fourth-order valence-electron chi connectivity index (χ4n) is 0.798. The fraction of sp³-hybridized carbons (Fsp3) is 0.556. The molecule has 0 aromatic heterocycles. The van der Waals surface area contributed by atoms with Crippen LogP contribution < -0.4 is 5.32 Å². The van der Waals surface area contributed by atoms with Crippen molar-refractivity contribution in [2.45, 2.75) is 0 Å². The molecule has 0 aliphatic rings. The molecule has 2 amide bonds. The van der Waals surface area contributed by atoms with Gasteiger partial charge in [0.2, 0.25) is 11.8 Å². The highest BCUT2D eigenvalue weighted by Crippen LogP contribution is 1.84. The van der Waals surface area contributed by atoms with E-state index in [0.717, 1.165) is 0 Å². The van der Waals surface area contributed by atoms with E-state index >= 15 is 0 Å². The maximum atomic E-state index is 11.2. The highest BCUT2D eigenvalue weighted by atomic mass is 16.5. The van der Waals surface area contributed by atoms with Gasteiger partial charge in [0.15, 0.2) is 0 Å². The van der Waals surface area contributed by atoms with Gasteiger partial charge in [-0.25, -0.2) is 0 Å². The summed E-state index contributed by atoms with van der Waals surface area (Å²) in [6.07, 6.45) is 1.17. The minimum atomic E-state index is -0.271. The van der Waals surface area contributed by atoms with E-state index in [-0.39, 0.29) is 18.4 Å². The van der Waals surface area contributed by atoms with Crippen LogP contribution in [0, 0.1) is 0 Å². The predicted molar refractivity (Wildman–Crippen MR) is 52.7 cm³/mol. The lowest BCUT2D eigenvalue weighted by Crippen LogP contribution is -2.38. The Kier molecular flexibility index (Phi) is 6.39. The maximum Gasteiger partial charge on any atom is 0.246 e. The first kappa shape index (κ1) is 12.6. The van der Waals surface area contributed by atoms with Gasteiger partial charge in [0.05, 0.1) is 13.2 Å². The van der Waals surface area contributed by atoms with E-state index in [2.05, 4.69) is 11.9 Å². The SMILES string of the molecule is C=CC(=O)N(C)CC(=O)NCCOC. The summed E-state index contributed by atoms with van der Waals surface area (Å²) in [5.74, 6) is -0.480. The van der Waals surface area contributed by atoms with Crippen molar-refractivity contribution in [2.75, 3.05) is 33.9 Å². The molecule has 5 nitrogen and oxygen atoms in total. The highest BCUT2D eigenvalue weighted by molar-refractivity contribution is 5.90. The number of nitrogens with one attached hydrogen (secondary N) is 1. The second-order valence-electron chi connectivity index (χ2n) is 2.74. The largest absolute Gasteiger partial charge is 0.383 e.